The standard InChI is InChI=1S/C18H13ClN4O/c1-11-10-12(6-7-14(11)19)15-8-9-17-20-21-18(23(17)22-15)13-4-2-3-5-16(13)24/h2-10,24H,1H3. The number of aromatic nitrogens is 4. The SMILES string of the molecule is Cc1cc(-c2ccc3nnc(-c4ccccc4O)n3n2)ccc1Cl. The first-order chi connectivity index (χ1) is 11.6. The van der Waals surface area contributed by atoms with Gasteiger partial charge in [-0.3, -0.25) is 0 Å². The number of aromatic hydroxyl groups is 1. The molecule has 0 saturated carbocycles. The highest BCUT2D eigenvalue weighted by atomic mass is 35.5. The summed E-state index contributed by atoms with van der Waals surface area (Å²) in [6.07, 6.45) is 0. The first-order valence-corrected chi connectivity index (χ1v) is 7.78. The minimum atomic E-state index is 0.140. The Labute approximate surface area is 143 Å². The van der Waals surface area contributed by atoms with Crippen molar-refractivity contribution in [2.75, 3.05) is 0 Å². The van der Waals surface area contributed by atoms with Gasteiger partial charge in [0.15, 0.2) is 11.5 Å². The van der Waals surface area contributed by atoms with E-state index >= 15 is 0 Å². The van der Waals surface area contributed by atoms with E-state index in [-0.39, 0.29) is 5.75 Å². The van der Waals surface area contributed by atoms with Gasteiger partial charge in [-0.2, -0.15) is 9.61 Å². The lowest BCUT2D eigenvalue weighted by Gasteiger charge is -2.06. The van der Waals surface area contributed by atoms with Crippen LogP contribution < -0.4 is 0 Å². The van der Waals surface area contributed by atoms with Crippen LogP contribution in [0.25, 0.3) is 28.3 Å². The monoisotopic (exact) mass is 336 g/mol. The Morgan fingerprint density at radius 3 is 2.62 bits per heavy atom. The maximum absolute atomic E-state index is 10.1. The van der Waals surface area contributed by atoms with E-state index in [0.717, 1.165) is 21.8 Å². The Hall–Kier alpha value is -2.92. The highest BCUT2D eigenvalue weighted by molar-refractivity contribution is 6.31. The van der Waals surface area contributed by atoms with Gasteiger partial charge in [-0.1, -0.05) is 29.8 Å². The molecule has 2 aromatic carbocycles. The summed E-state index contributed by atoms with van der Waals surface area (Å²) >= 11 is 6.10. The van der Waals surface area contributed by atoms with Gasteiger partial charge in [0.25, 0.3) is 0 Å². The zero-order valence-electron chi connectivity index (χ0n) is 12.8. The number of rotatable bonds is 2. The first-order valence-electron chi connectivity index (χ1n) is 7.41. The molecule has 0 bridgehead atoms. The molecule has 0 saturated heterocycles. The quantitative estimate of drug-likeness (QED) is 0.598. The van der Waals surface area contributed by atoms with Crippen molar-refractivity contribution >= 4 is 17.2 Å². The van der Waals surface area contributed by atoms with E-state index in [4.69, 9.17) is 11.6 Å². The van der Waals surface area contributed by atoms with Crippen molar-refractivity contribution in [2.24, 2.45) is 0 Å². The van der Waals surface area contributed by atoms with Gasteiger partial charge in [-0.05, 0) is 48.9 Å². The number of hydrogen-bond acceptors (Lipinski definition) is 4. The van der Waals surface area contributed by atoms with E-state index in [2.05, 4.69) is 15.3 Å². The third-order valence-electron chi connectivity index (χ3n) is 3.86. The van der Waals surface area contributed by atoms with Crippen molar-refractivity contribution in [3.05, 3.63) is 65.2 Å². The van der Waals surface area contributed by atoms with Crippen molar-refractivity contribution in [3.8, 4) is 28.4 Å². The van der Waals surface area contributed by atoms with Crippen LogP contribution in [0.3, 0.4) is 0 Å². The number of nitrogens with zero attached hydrogens (tertiary/aromatic N) is 4. The first kappa shape index (κ1) is 14.7. The second-order valence-corrected chi connectivity index (χ2v) is 5.90. The van der Waals surface area contributed by atoms with Crippen LogP contribution in [0.15, 0.2) is 54.6 Å². The molecule has 5 nitrogen and oxygen atoms in total. The second-order valence-electron chi connectivity index (χ2n) is 5.49. The molecule has 0 aliphatic heterocycles. The number of phenolic OH excluding ortho intramolecular Hbond substituents is 1. The molecule has 0 aliphatic rings. The average Bonchev–Trinajstić information content (AvgIpc) is 3.01. The van der Waals surface area contributed by atoms with E-state index in [9.17, 15) is 5.11 Å². The molecule has 0 fully saturated rings. The Balaban J connectivity index is 1.90. The minimum Gasteiger partial charge on any atom is -0.507 e. The van der Waals surface area contributed by atoms with Crippen LogP contribution in [0.1, 0.15) is 5.56 Å². The summed E-state index contributed by atoms with van der Waals surface area (Å²) in [7, 11) is 0. The molecule has 0 radical (unpaired) electrons. The van der Waals surface area contributed by atoms with Gasteiger partial charge in [0, 0.05) is 10.6 Å². The van der Waals surface area contributed by atoms with E-state index in [1.807, 2.05) is 43.3 Å². The number of fused-ring (bicyclic) bond motifs is 1. The summed E-state index contributed by atoms with van der Waals surface area (Å²) in [5, 5.41) is 23.7. The smallest absolute Gasteiger partial charge is 0.189 e. The Kier molecular flexibility index (Phi) is 3.43. The van der Waals surface area contributed by atoms with Crippen molar-refractivity contribution < 1.29 is 5.11 Å². The molecule has 0 unspecified atom stereocenters. The normalized spacial score (nSPS) is 11.1. The number of halogens is 1. The molecule has 4 aromatic rings. The molecule has 0 aliphatic carbocycles. The number of aryl methyl sites for hydroxylation is 1. The van der Waals surface area contributed by atoms with Crippen molar-refractivity contribution in [2.45, 2.75) is 6.92 Å². The number of benzene rings is 2. The molecular formula is C18H13ClN4O. The molecule has 0 amide bonds. The van der Waals surface area contributed by atoms with Crippen LogP contribution >= 0.6 is 11.6 Å². The molecule has 4 rings (SSSR count). The van der Waals surface area contributed by atoms with Crippen LogP contribution in [0.4, 0.5) is 0 Å². The van der Waals surface area contributed by atoms with Crippen molar-refractivity contribution in [1.29, 1.82) is 0 Å². The Morgan fingerprint density at radius 1 is 1.00 bits per heavy atom. The zero-order chi connectivity index (χ0) is 16.7. The molecule has 118 valence electrons. The highest BCUT2D eigenvalue weighted by Gasteiger charge is 2.13. The molecule has 2 heterocycles. The molecular weight excluding hydrogens is 324 g/mol. The number of para-hydroxylation sites is 1. The van der Waals surface area contributed by atoms with E-state index < -0.39 is 0 Å². The molecule has 1 N–H and O–H groups in total. The fraction of sp³-hybridized carbons (Fsp3) is 0.0556. The summed E-state index contributed by atoms with van der Waals surface area (Å²) in [6.45, 7) is 1.95. The lowest BCUT2D eigenvalue weighted by Crippen LogP contribution is -1.97. The van der Waals surface area contributed by atoms with E-state index in [0.29, 0.717) is 17.0 Å². The van der Waals surface area contributed by atoms with Crippen LogP contribution in [0.5, 0.6) is 5.75 Å². The van der Waals surface area contributed by atoms with Gasteiger partial charge >= 0.3 is 0 Å². The summed E-state index contributed by atoms with van der Waals surface area (Å²) < 4.78 is 1.63. The minimum absolute atomic E-state index is 0.140. The Bertz CT molecular complexity index is 1060. The van der Waals surface area contributed by atoms with Gasteiger partial charge in [-0.25, -0.2) is 0 Å². The second kappa shape index (κ2) is 5.62. The predicted octanol–water partition coefficient (Wildman–Crippen LogP) is 4.13. The predicted molar refractivity (Wildman–Crippen MR) is 93.1 cm³/mol. The van der Waals surface area contributed by atoms with Gasteiger partial charge in [0.1, 0.15) is 5.75 Å². The van der Waals surface area contributed by atoms with Crippen LogP contribution in [0, 0.1) is 6.92 Å². The van der Waals surface area contributed by atoms with Crippen LogP contribution in [0.2, 0.25) is 5.02 Å². The molecule has 24 heavy (non-hydrogen) atoms. The highest BCUT2D eigenvalue weighted by Crippen LogP contribution is 2.28. The van der Waals surface area contributed by atoms with Gasteiger partial charge < -0.3 is 5.11 Å². The van der Waals surface area contributed by atoms with Crippen LogP contribution in [-0.4, -0.2) is 24.9 Å². The number of phenols is 1. The lowest BCUT2D eigenvalue weighted by atomic mass is 10.1. The molecule has 6 heteroatoms. The van der Waals surface area contributed by atoms with Crippen LogP contribution in [-0.2, 0) is 0 Å². The van der Waals surface area contributed by atoms with Crippen molar-refractivity contribution in [3.63, 3.8) is 0 Å². The summed E-state index contributed by atoms with van der Waals surface area (Å²) in [4.78, 5) is 0. The third kappa shape index (κ3) is 2.39. The Morgan fingerprint density at radius 2 is 1.83 bits per heavy atom. The molecule has 2 aromatic heterocycles. The summed E-state index contributed by atoms with van der Waals surface area (Å²) in [5.41, 5.74) is 3.92. The largest absolute Gasteiger partial charge is 0.507 e. The van der Waals surface area contributed by atoms with E-state index in [1.165, 1.54) is 0 Å². The maximum Gasteiger partial charge on any atom is 0.189 e. The van der Waals surface area contributed by atoms with Gasteiger partial charge in [0.2, 0.25) is 0 Å². The maximum atomic E-state index is 10.1. The lowest BCUT2D eigenvalue weighted by molar-refractivity contribution is 0.476. The number of hydrogen-bond donors (Lipinski definition) is 1. The van der Waals surface area contributed by atoms with Crippen molar-refractivity contribution in [1.82, 2.24) is 19.8 Å². The zero-order valence-corrected chi connectivity index (χ0v) is 13.6. The molecule has 0 spiro atoms. The molecule has 0 atom stereocenters. The average molecular weight is 337 g/mol. The summed E-state index contributed by atoms with van der Waals surface area (Å²) in [6, 6.07) is 16.5. The fourth-order valence-corrected chi connectivity index (χ4v) is 2.70. The van der Waals surface area contributed by atoms with Gasteiger partial charge in [0.05, 0.1) is 11.3 Å². The van der Waals surface area contributed by atoms with E-state index in [1.54, 1.807) is 22.7 Å². The summed E-state index contributed by atoms with van der Waals surface area (Å²) in [5.74, 6) is 0.636. The third-order valence-corrected chi connectivity index (χ3v) is 4.29. The van der Waals surface area contributed by atoms with Gasteiger partial charge in [-0.15, -0.1) is 10.2 Å². The fourth-order valence-electron chi connectivity index (χ4n) is 2.58. The topological polar surface area (TPSA) is 63.3 Å².